The van der Waals surface area contributed by atoms with Gasteiger partial charge < -0.3 is 5.32 Å². The molecule has 2 aromatic rings. The molecule has 0 aliphatic carbocycles. The molecule has 2 nitrogen and oxygen atoms in total. The Kier molecular flexibility index (Phi) is 5.63. The van der Waals surface area contributed by atoms with Gasteiger partial charge in [0.1, 0.15) is 6.07 Å². The molecule has 2 aromatic carbocycles. The Labute approximate surface area is 137 Å². The Morgan fingerprint density at radius 3 is 2.27 bits per heavy atom. The summed E-state index contributed by atoms with van der Waals surface area (Å²) in [6.07, 6.45) is 1.78. The Bertz CT molecular complexity index is 692. The van der Waals surface area contributed by atoms with Crippen molar-refractivity contribution in [1.82, 2.24) is 0 Å². The zero-order valence-corrected chi connectivity index (χ0v) is 13.6. The number of aryl methyl sites for hydroxylation is 1. The molecule has 0 unspecified atom stereocenters. The average Bonchev–Trinajstić information content (AvgIpc) is 2.52. The van der Waals surface area contributed by atoms with Crippen molar-refractivity contribution in [2.24, 2.45) is 0 Å². The van der Waals surface area contributed by atoms with Crippen LogP contribution in [0, 0.1) is 18.3 Å². The third-order valence-corrected chi connectivity index (χ3v) is 3.65. The second-order valence-electron chi connectivity index (χ2n) is 5.21. The molecule has 0 saturated heterocycles. The van der Waals surface area contributed by atoms with E-state index >= 15 is 0 Å². The molecular formula is C19H19ClN2. The van der Waals surface area contributed by atoms with Gasteiger partial charge in [-0.25, -0.2) is 0 Å². The fourth-order valence-corrected chi connectivity index (χ4v) is 2.36. The lowest BCUT2D eigenvalue weighted by Crippen LogP contribution is -2.03. The number of nitrogens with one attached hydrogen (secondary N) is 1. The van der Waals surface area contributed by atoms with E-state index in [-0.39, 0.29) is 0 Å². The molecule has 0 heterocycles. The van der Waals surface area contributed by atoms with Crippen LogP contribution in [-0.4, -0.2) is 0 Å². The maximum absolute atomic E-state index is 9.59. The van der Waals surface area contributed by atoms with Crippen LogP contribution in [0.5, 0.6) is 0 Å². The summed E-state index contributed by atoms with van der Waals surface area (Å²) in [6.45, 7) is 4.16. The van der Waals surface area contributed by atoms with Gasteiger partial charge in [-0.3, -0.25) is 0 Å². The molecule has 2 rings (SSSR count). The molecule has 0 aromatic heterocycles. The predicted octanol–water partition coefficient (Wildman–Crippen LogP) is 5.80. The van der Waals surface area contributed by atoms with Gasteiger partial charge in [-0.05, 0) is 43.2 Å². The van der Waals surface area contributed by atoms with E-state index in [4.69, 9.17) is 11.6 Å². The van der Waals surface area contributed by atoms with Gasteiger partial charge in [0.15, 0.2) is 0 Å². The third kappa shape index (κ3) is 4.13. The lowest BCUT2D eigenvalue weighted by atomic mass is 10.0. The third-order valence-electron chi connectivity index (χ3n) is 3.39. The van der Waals surface area contributed by atoms with Gasteiger partial charge in [0, 0.05) is 16.4 Å². The lowest BCUT2D eigenvalue weighted by Gasteiger charge is -2.14. The molecule has 1 N–H and O–H groups in total. The summed E-state index contributed by atoms with van der Waals surface area (Å²) in [5.74, 6) is 0. The molecule has 0 saturated carbocycles. The highest BCUT2D eigenvalue weighted by atomic mass is 35.5. The van der Waals surface area contributed by atoms with E-state index in [1.165, 1.54) is 5.56 Å². The summed E-state index contributed by atoms with van der Waals surface area (Å²) in [4.78, 5) is 0. The van der Waals surface area contributed by atoms with Crippen LogP contribution in [0.4, 0.5) is 5.69 Å². The van der Waals surface area contributed by atoms with Crippen molar-refractivity contribution in [3.05, 3.63) is 70.4 Å². The predicted molar refractivity (Wildman–Crippen MR) is 93.7 cm³/mol. The summed E-state index contributed by atoms with van der Waals surface area (Å²) >= 11 is 5.93. The van der Waals surface area contributed by atoms with Crippen molar-refractivity contribution in [2.45, 2.75) is 26.7 Å². The maximum Gasteiger partial charge on any atom is 0.102 e. The highest BCUT2D eigenvalue weighted by molar-refractivity contribution is 6.30. The van der Waals surface area contributed by atoms with Gasteiger partial charge in [0.05, 0.1) is 5.57 Å². The molecule has 0 aliphatic rings. The van der Waals surface area contributed by atoms with Crippen LogP contribution in [0.2, 0.25) is 5.02 Å². The molecule has 0 fully saturated rings. The first-order valence-electron chi connectivity index (χ1n) is 7.37. The Balaban J connectivity index is 2.39. The second-order valence-corrected chi connectivity index (χ2v) is 5.65. The van der Waals surface area contributed by atoms with Crippen LogP contribution in [0.3, 0.4) is 0 Å². The molecule has 0 aliphatic heterocycles. The molecule has 22 heavy (non-hydrogen) atoms. The molecule has 0 atom stereocenters. The number of hydrogen-bond acceptors (Lipinski definition) is 2. The van der Waals surface area contributed by atoms with E-state index < -0.39 is 0 Å². The number of hydrogen-bond donors (Lipinski definition) is 1. The first-order valence-corrected chi connectivity index (χ1v) is 7.74. The molecular weight excluding hydrogens is 292 g/mol. The van der Waals surface area contributed by atoms with Gasteiger partial charge in [0.25, 0.3) is 0 Å². The molecule has 3 heteroatoms. The Hall–Kier alpha value is -2.24. The fourth-order valence-electron chi connectivity index (χ4n) is 2.23. The lowest BCUT2D eigenvalue weighted by molar-refractivity contribution is 0.912. The minimum absolute atomic E-state index is 0.666. The van der Waals surface area contributed by atoms with Gasteiger partial charge in [-0.1, -0.05) is 54.8 Å². The highest BCUT2D eigenvalue weighted by Gasteiger charge is 2.09. The molecule has 0 amide bonds. The van der Waals surface area contributed by atoms with E-state index in [1.807, 2.05) is 36.4 Å². The topological polar surface area (TPSA) is 35.8 Å². The van der Waals surface area contributed by atoms with E-state index in [9.17, 15) is 5.26 Å². The van der Waals surface area contributed by atoms with Crippen LogP contribution >= 0.6 is 11.6 Å². The SMILES string of the molecule is CCC/C(Nc1ccc(C)cc1)=C(\C#N)c1ccc(Cl)cc1. The maximum atomic E-state index is 9.59. The van der Waals surface area contributed by atoms with Crippen LogP contribution in [-0.2, 0) is 0 Å². The number of anilines is 1. The van der Waals surface area contributed by atoms with E-state index in [0.29, 0.717) is 10.6 Å². The standard InChI is InChI=1S/C19H19ClN2/c1-3-4-19(22-17-11-5-14(2)6-12-17)18(13-21)15-7-9-16(20)10-8-15/h5-12,22H,3-4H2,1-2H3/b19-18-. The Morgan fingerprint density at radius 1 is 1.09 bits per heavy atom. The van der Waals surface area contributed by atoms with E-state index in [1.54, 1.807) is 0 Å². The largest absolute Gasteiger partial charge is 0.358 e. The number of rotatable bonds is 5. The summed E-state index contributed by atoms with van der Waals surface area (Å²) in [5.41, 5.74) is 4.70. The smallest absolute Gasteiger partial charge is 0.102 e. The van der Waals surface area contributed by atoms with Crippen molar-refractivity contribution in [1.29, 1.82) is 5.26 Å². The number of halogens is 1. The minimum atomic E-state index is 0.666. The van der Waals surface area contributed by atoms with Crippen LogP contribution in [0.25, 0.3) is 5.57 Å². The molecule has 0 spiro atoms. The van der Waals surface area contributed by atoms with Gasteiger partial charge in [0.2, 0.25) is 0 Å². The molecule has 112 valence electrons. The Morgan fingerprint density at radius 2 is 1.73 bits per heavy atom. The van der Waals surface area contributed by atoms with Crippen molar-refractivity contribution in [3.8, 4) is 6.07 Å². The van der Waals surface area contributed by atoms with Gasteiger partial charge in [-0.15, -0.1) is 0 Å². The quantitative estimate of drug-likeness (QED) is 0.709. The van der Waals surface area contributed by atoms with Crippen LogP contribution in [0.15, 0.2) is 54.2 Å². The highest BCUT2D eigenvalue weighted by Crippen LogP contribution is 2.24. The van der Waals surface area contributed by atoms with Crippen LogP contribution in [0.1, 0.15) is 30.9 Å². The zero-order valence-electron chi connectivity index (χ0n) is 12.9. The van der Waals surface area contributed by atoms with Crippen molar-refractivity contribution < 1.29 is 0 Å². The first kappa shape index (κ1) is 16.1. The minimum Gasteiger partial charge on any atom is -0.358 e. The van der Waals surface area contributed by atoms with Gasteiger partial charge in [-0.2, -0.15) is 5.26 Å². The zero-order chi connectivity index (χ0) is 15.9. The normalized spacial score (nSPS) is 11.5. The molecule has 0 radical (unpaired) electrons. The van der Waals surface area contributed by atoms with E-state index in [2.05, 4.69) is 37.4 Å². The number of nitriles is 1. The summed E-state index contributed by atoms with van der Waals surface area (Å²) in [7, 11) is 0. The number of allylic oxidation sites excluding steroid dienone is 2. The van der Waals surface area contributed by atoms with Crippen LogP contribution < -0.4 is 5.32 Å². The van der Waals surface area contributed by atoms with Crippen molar-refractivity contribution >= 4 is 22.9 Å². The second kappa shape index (κ2) is 7.68. The molecule has 0 bridgehead atoms. The van der Waals surface area contributed by atoms with Gasteiger partial charge >= 0.3 is 0 Å². The average molecular weight is 311 g/mol. The summed E-state index contributed by atoms with van der Waals surface area (Å²) < 4.78 is 0. The number of benzene rings is 2. The van der Waals surface area contributed by atoms with Crippen molar-refractivity contribution in [2.75, 3.05) is 5.32 Å². The van der Waals surface area contributed by atoms with E-state index in [0.717, 1.165) is 29.8 Å². The fraction of sp³-hybridized carbons (Fsp3) is 0.211. The monoisotopic (exact) mass is 310 g/mol. The summed E-state index contributed by atoms with van der Waals surface area (Å²) in [5, 5.41) is 13.7. The summed E-state index contributed by atoms with van der Waals surface area (Å²) in [6, 6.07) is 17.9. The first-order chi connectivity index (χ1) is 10.6. The number of nitrogens with zero attached hydrogens (tertiary/aromatic N) is 1. The van der Waals surface area contributed by atoms with Crippen molar-refractivity contribution in [3.63, 3.8) is 0 Å².